The molecule has 0 saturated carbocycles. The molecule has 66 valence electrons. The van der Waals surface area contributed by atoms with E-state index in [1.165, 1.54) is 0 Å². The van der Waals surface area contributed by atoms with Gasteiger partial charge in [-0.05, 0) is 12.1 Å². The fourth-order valence-electron chi connectivity index (χ4n) is 0.972. The number of hydrogen-bond acceptors (Lipinski definition) is 1. The molecule has 0 bridgehead atoms. The highest BCUT2D eigenvalue weighted by Crippen LogP contribution is 2.19. The predicted molar refractivity (Wildman–Crippen MR) is 47.7 cm³/mol. The number of alkyl halides is 1. The number of pyridine rings is 1. The van der Waals surface area contributed by atoms with Crippen molar-refractivity contribution in [1.29, 1.82) is 0 Å². The zero-order valence-electron chi connectivity index (χ0n) is 7.76. The first kappa shape index (κ1) is 9.17. The first-order chi connectivity index (χ1) is 5.54. The maximum atomic E-state index is 12.2. The minimum Gasteiger partial charge on any atom is -0.255 e. The minimum absolute atomic E-state index is 0.00514. The van der Waals surface area contributed by atoms with Crippen LogP contribution in [-0.4, -0.2) is 4.98 Å². The molecule has 1 aromatic heterocycles. The molecule has 0 aliphatic heterocycles. The Morgan fingerprint density at radius 1 is 1.33 bits per heavy atom. The van der Waals surface area contributed by atoms with Crippen LogP contribution >= 0.6 is 0 Å². The monoisotopic (exact) mass is 167 g/mol. The Morgan fingerprint density at radius 3 is 2.50 bits per heavy atom. The standard InChI is InChI=1S/C10H14FN/c1-10(2,3)9-6-4-5-8(7-11)12-9/h4-6H,7H2,1-3H3. The van der Waals surface area contributed by atoms with Gasteiger partial charge in [-0.3, -0.25) is 4.98 Å². The molecule has 1 nitrogen and oxygen atoms in total. The van der Waals surface area contributed by atoms with Gasteiger partial charge in [0, 0.05) is 11.1 Å². The van der Waals surface area contributed by atoms with Crippen molar-refractivity contribution in [2.75, 3.05) is 0 Å². The van der Waals surface area contributed by atoms with Crippen molar-refractivity contribution in [1.82, 2.24) is 4.98 Å². The first-order valence-corrected chi connectivity index (χ1v) is 4.06. The smallest absolute Gasteiger partial charge is 0.131 e. The molecule has 0 unspecified atom stereocenters. The van der Waals surface area contributed by atoms with Gasteiger partial charge in [0.1, 0.15) is 6.67 Å². The Bertz CT molecular complexity index is 263. The second kappa shape index (κ2) is 3.21. The molecule has 12 heavy (non-hydrogen) atoms. The van der Waals surface area contributed by atoms with Gasteiger partial charge >= 0.3 is 0 Å². The maximum Gasteiger partial charge on any atom is 0.131 e. The van der Waals surface area contributed by atoms with Crippen LogP contribution in [0.1, 0.15) is 32.2 Å². The predicted octanol–water partition coefficient (Wildman–Crippen LogP) is 2.85. The molecule has 0 amide bonds. The van der Waals surface area contributed by atoms with E-state index < -0.39 is 6.67 Å². The van der Waals surface area contributed by atoms with Gasteiger partial charge in [-0.15, -0.1) is 0 Å². The molecule has 0 N–H and O–H groups in total. The lowest BCUT2D eigenvalue weighted by Crippen LogP contribution is -2.13. The molecule has 1 heterocycles. The summed E-state index contributed by atoms with van der Waals surface area (Å²) in [6.07, 6.45) is 0. The van der Waals surface area contributed by atoms with Crippen LogP contribution in [0, 0.1) is 0 Å². The molecule has 0 spiro atoms. The summed E-state index contributed by atoms with van der Waals surface area (Å²) < 4.78 is 12.2. The van der Waals surface area contributed by atoms with E-state index in [0.717, 1.165) is 5.69 Å². The third-order valence-electron chi connectivity index (χ3n) is 1.71. The number of halogens is 1. The Morgan fingerprint density at radius 2 is 2.00 bits per heavy atom. The molecular weight excluding hydrogens is 153 g/mol. The van der Waals surface area contributed by atoms with E-state index in [9.17, 15) is 4.39 Å². The van der Waals surface area contributed by atoms with E-state index in [0.29, 0.717) is 5.69 Å². The lowest BCUT2D eigenvalue weighted by atomic mass is 9.91. The summed E-state index contributed by atoms with van der Waals surface area (Å²) in [5.41, 5.74) is 1.46. The Balaban J connectivity index is 3.02. The maximum absolute atomic E-state index is 12.2. The van der Waals surface area contributed by atoms with E-state index in [1.54, 1.807) is 6.07 Å². The van der Waals surface area contributed by atoms with Gasteiger partial charge in [0.05, 0.1) is 5.69 Å². The van der Waals surface area contributed by atoms with E-state index in [-0.39, 0.29) is 5.41 Å². The number of hydrogen-bond donors (Lipinski definition) is 0. The molecule has 1 aromatic rings. The van der Waals surface area contributed by atoms with Gasteiger partial charge in [0.2, 0.25) is 0 Å². The average molecular weight is 167 g/mol. The SMILES string of the molecule is CC(C)(C)c1cccc(CF)n1. The summed E-state index contributed by atoms with van der Waals surface area (Å²) in [7, 11) is 0. The van der Waals surface area contributed by atoms with Crippen LogP contribution < -0.4 is 0 Å². The van der Waals surface area contributed by atoms with Gasteiger partial charge in [-0.25, -0.2) is 4.39 Å². The highest BCUT2D eigenvalue weighted by Gasteiger charge is 2.14. The number of aromatic nitrogens is 1. The van der Waals surface area contributed by atoms with Gasteiger partial charge in [-0.1, -0.05) is 26.8 Å². The van der Waals surface area contributed by atoms with E-state index in [2.05, 4.69) is 25.8 Å². The third-order valence-corrected chi connectivity index (χ3v) is 1.71. The summed E-state index contributed by atoms with van der Waals surface area (Å²) >= 11 is 0. The van der Waals surface area contributed by atoms with Crippen LogP contribution in [0.5, 0.6) is 0 Å². The molecule has 0 saturated heterocycles. The van der Waals surface area contributed by atoms with Gasteiger partial charge in [0.25, 0.3) is 0 Å². The van der Waals surface area contributed by atoms with Crippen LogP contribution in [0.15, 0.2) is 18.2 Å². The van der Waals surface area contributed by atoms with Gasteiger partial charge in [0.15, 0.2) is 0 Å². The summed E-state index contributed by atoms with van der Waals surface area (Å²) in [4.78, 5) is 4.19. The van der Waals surface area contributed by atoms with Gasteiger partial charge in [-0.2, -0.15) is 0 Å². The van der Waals surface area contributed by atoms with Crippen molar-refractivity contribution in [2.45, 2.75) is 32.9 Å². The Hall–Kier alpha value is -0.920. The lowest BCUT2D eigenvalue weighted by molar-refractivity contribution is 0.469. The van der Waals surface area contributed by atoms with Crippen LogP contribution in [0.4, 0.5) is 4.39 Å². The van der Waals surface area contributed by atoms with Crippen molar-refractivity contribution >= 4 is 0 Å². The molecular formula is C10H14FN. The van der Waals surface area contributed by atoms with Crippen LogP contribution in [-0.2, 0) is 12.1 Å². The summed E-state index contributed by atoms with van der Waals surface area (Å²) in [6, 6.07) is 5.48. The van der Waals surface area contributed by atoms with Crippen molar-refractivity contribution in [3.63, 3.8) is 0 Å². The van der Waals surface area contributed by atoms with Crippen molar-refractivity contribution in [3.8, 4) is 0 Å². The largest absolute Gasteiger partial charge is 0.255 e. The van der Waals surface area contributed by atoms with Crippen LogP contribution in [0.2, 0.25) is 0 Å². The highest BCUT2D eigenvalue weighted by atomic mass is 19.1. The van der Waals surface area contributed by atoms with E-state index in [1.807, 2.05) is 12.1 Å². The molecule has 0 aliphatic rings. The third kappa shape index (κ3) is 2.03. The molecule has 1 rings (SSSR count). The average Bonchev–Trinajstić information content (AvgIpc) is 2.03. The topological polar surface area (TPSA) is 12.9 Å². The second-order valence-electron chi connectivity index (χ2n) is 3.90. The molecule has 0 radical (unpaired) electrons. The van der Waals surface area contributed by atoms with Crippen molar-refractivity contribution < 1.29 is 4.39 Å². The normalized spacial score (nSPS) is 11.7. The molecule has 0 atom stereocenters. The van der Waals surface area contributed by atoms with E-state index in [4.69, 9.17) is 0 Å². The fraction of sp³-hybridized carbons (Fsp3) is 0.500. The molecule has 2 heteroatoms. The van der Waals surface area contributed by atoms with Gasteiger partial charge < -0.3 is 0 Å². The lowest BCUT2D eigenvalue weighted by Gasteiger charge is -2.17. The minimum atomic E-state index is -0.482. The summed E-state index contributed by atoms with van der Waals surface area (Å²) in [5.74, 6) is 0. The quantitative estimate of drug-likeness (QED) is 0.626. The second-order valence-corrected chi connectivity index (χ2v) is 3.90. The first-order valence-electron chi connectivity index (χ1n) is 4.06. The molecule has 0 fully saturated rings. The summed E-state index contributed by atoms with van der Waals surface area (Å²) in [5, 5.41) is 0. The van der Waals surface area contributed by atoms with E-state index >= 15 is 0 Å². The fourth-order valence-corrected chi connectivity index (χ4v) is 0.972. The van der Waals surface area contributed by atoms with Crippen molar-refractivity contribution in [2.24, 2.45) is 0 Å². The zero-order chi connectivity index (χ0) is 9.19. The van der Waals surface area contributed by atoms with Crippen LogP contribution in [0.25, 0.3) is 0 Å². The van der Waals surface area contributed by atoms with Crippen LogP contribution in [0.3, 0.4) is 0 Å². The Labute approximate surface area is 72.6 Å². The molecule has 0 aromatic carbocycles. The summed E-state index contributed by atoms with van der Waals surface area (Å²) in [6.45, 7) is 5.72. The van der Waals surface area contributed by atoms with Crippen molar-refractivity contribution in [3.05, 3.63) is 29.6 Å². The number of rotatable bonds is 1. The highest BCUT2D eigenvalue weighted by molar-refractivity contribution is 5.16. The number of nitrogens with zero attached hydrogens (tertiary/aromatic N) is 1. The molecule has 0 aliphatic carbocycles. The Kier molecular flexibility index (Phi) is 2.46. The zero-order valence-corrected chi connectivity index (χ0v) is 7.76.